The smallest absolute Gasteiger partial charge is 0.416 e. The number of alkyl halides is 3. The van der Waals surface area contributed by atoms with Gasteiger partial charge in [0.1, 0.15) is 12.0 Å². The molecule has 0 bridgehead atoms. The van der Waals surface area contributed by atoms with Crippen LogP contribution >= 0.6 is 11.6 Å². The average molecular weight is 712 g/mol. The van der Waals surface area contributed by atoms with Crippen LogP contribution in [0, 0.1) is 5.92 Å². The molecule has 1 aromatic carbocycles. The van der Waals surface area contributed by atoms with Crippen molar-refractivity contribution in [2.24, 2.45) is 5.92 Å². The van der Waals surface area contributed by atoms with Crippen molar-refractivity contribution < 1.29 is 32.9 Å². The molecule has 50 heavy (non-hydrogen) atoms. The first-order chi connectivity index (χ1) is 24.0. The molecular formula is C34H33ClF3N7O5. The van der Waals surface area contributed by atoms with Crippen LogP contribution in [0.5, 0.6) is 5.75 Å². The van der Waals surface area contributed by atoms with Gasteiger partial charge in [0.15, 0.2) is 11.5 Å². The maximum atomic E-state index is 14.5. The molecule has 4 atom stereocenters. The van der Waals surface area contributed by atoms with Crippen LogP contribution in [0.4, 0.5) is 18.9 Å². The molecule has 5 heterocycles. The number of rotatable bonds is 6. The largest absolute Gasteiger partial charge is 0.505 e. The SMILES string of the molecule is O=C(c1ncccc1O)N1CCC2(CCc3c2c(=O)n2nc(C4=CCOCC4)nc2n3CC(O)Nc2ccc(C(F)(F)F)cc2Cl)C2CCC21. The van der Waals surface area contributed by atoms with Crippen molar-refractivity contribution in [3.8, 4) is 5.75 Å². The molecule has 0 radical (unpaired) electrons. The number of nitrogens with one attached hydrogen (secondary N) is 1. The summed E-state index contributed by atoms with van der Waals surface area (Å²) in [4.78, 5) is 38.8. The van der Waals surface area contributed by atoms with Gasteiger partial charge in [0.25, 0.3) is 11.5 Å². The van der Waals surface area contributed by atoms with Gasteiger partial charge in [-0.1, -0.05) is 17.7 Å². The highest BCUT2D eigenvalue weighted by atomic mass is 35.5. The number of fused-ring (bicyclic) bond motifs is 5. The third-order valence-corrected chi connectivity index (χ3v) is 11.1. The first-order valence-corrected chi connectivity index (χ1v) is 16.9. The number of ether oxygens (including phenoxy) is 1. The molecular weight excluding hydrogens is 679 g/mol. The van der Waals surface area contributed by atoms with E-state index in [1.807, 2.05) is 6.08 Å². The topological polar surface area (TPSA) is 147 Å². The maximum absolute atomic E-state index is 14.5. The summed E-state index contributed by atoms with van der Waals surface area (Å²) in [5.74, 6) is 0.0521. The summed E-state index contributed by atoms with van der Waals surface area (Å²) in [7, 11) is 0. The maximum Gasteiger partial charge on any atom is 0.416 e. The predicted octanol–water partition coefficient (Wildman–Crippen LogP) is 4.41. The highest BCUT2D eigenvalue weighted by molar-refractivity contribution is 6.33. The third-order valence-electron chi connectivity index (χ3n) is 10.8. The number of hydrogen-bond donors (Lipinski definition) is 3. The zero-order chi connectivity index (χ0) is 34.9. The van der Waals surface area contributed by atoms with E-state index in [0.29, 0.717) is 62.5 Å². The summed E-state index contributed by atoms with van der Waals surface area (Å²) in [5.41, 5.74) is 0.463. The van der Waals surface area contributed by atoms with Crippen molar-refractivity contribution in [2.75, 3.05) is 25.1 Å². The van der Waals surface area contributed by atoms with Crippen molar-refractivity contribution in [2.45, 2.75) is 68.9 Å². The number of anilines is 1. The quantitative estimate of drug-likeness (QED) is 0.248. The van der Waals surface area contributed by atoms with Gasteiger partial charge in [0, 0.05) is 35.5 Å². The lowest BCUT2D eigenvalue weighted by Gasteiger charge is -2.57. The Kier molecular flexibility index (Phi) is 7.91. The fourth-order valence-corrected chi connectivity index (χ4v) is 8.57. The Morgan fingerprint density at radius 1 is 1.20 bits per heavy atom. The zero-order valence-electron chi connectivity index (χ0n) is 26.7. The molecule has 3 N–H and O–H groups in total. The summed E-state index contributed by atoms with van der Waals surface area (Å²) in [6, 6.07) is 5.68. The molecule has 12 nitrogen and oxygen atoms in total. The minimum absolute atomic E-state index is 0.00261. The monoisotopic (exact) mass is 711 g/mol. The number of aliphatic hydroxyl groups excluding tert-OH is 1. The number of aromatic hydroxyl groups is 1. The first-order valence-electron chi connectivity index (χ1n) is 16.5. The lowest BCUT2D eigenvalue weighted by Crippen LogP contribution is -2.63. The van der Waals surface area contributed by atoms with Crippen molar-refractivity contribution in [1.82, 2.24) is 29.0 Å². The average Bonchev–Trinajstić information content (AvgIpc) is 3.68. The number of hydrogen-bond acceptors (Lipinski definition) is 9. The molecule has 16 heteroatoms. The molecule has 1 spiro atoms. The zero-order valence-corrected chi connectivity index (χ0v) is 27.4. The summed E-state index contributed by atoms with van der Waals surface area (Å²) in [6.07, 6.45) is 1.19. The van der Waals surface area contributed by atoms with E-state index < -0.39 is 23.4 Å². The van der Waals surface area contributed by atoms with Crippen molar-refractivity contribution in [1.29, 1.82) is 0 Å². The molecule has 2 fully saturated rings. The fraction of sp³-hybridized carbons (Fsp3) is 0.441. The van der Waals surface area contributed by atoms with Crippen LogP contribution in [-0.4, -0.2) is 77.2 Å². The van der Waals surface area contributed by atoms with Gasteiger partial charge in [-0.2, -0.15) is 22.7 Å². The number of likely N-dealkylation sites (tertiary alicyclic amines) is 1. The second-order valence-corrected chi connectivity index (χ2v) is 13.7. The van der Waals surface area contributed by atoms with E-state index in [4.69, 9.17) is 21.3 Å². The number of benzene rings is 1. The molecule has 1 saturated heterocycles. The molecule has 4 aromatic rings. The van der Waals surface area contributed by atoms with E-state index in [2.05, 4.69) is 15.4 Å². The number of nitrogens with zero attached hydrogens (tertiary/aromatic N) is 6. The molecule has 2 aliphatic carbocycles. The lowest BCUT2D eigenvalue weighted by molar-refractivity contribution is -0.137. The van der Waals surface area contributed by atoms with Crippen molar-refractivity contribution in [3.63, 3.8) is 0 Å². The van der Waals surface area contributed by atoms with Gasteiger partial charge in [-0.25, -0.2) is 4.98 Å². The number of carbonyl (C=O) groups is 1. The standard InChI is InChI=1S/C34H33ClF3N7O5/c35-21-16-19(34(36,37)38)3-5-22(21)40-26(47)17-44-24-7-10-33(27(24)30(48)45-32(44)41-29(42-45)18-8-14-50-15-9-18)11-13-43(23-6-4-20(23)33)31(49)28-25(46)2-1-12-39-28/h1-3,5,8,12,16,20,23,26,40,46-47H,4,6-7,9-11,13-15,17H2. The minimum atomic E-state index is -4.58. The molecule has 1 saturated carbocycles. The van der Waals surface area contributed by atoms with Crippen LogP contribution in [0.25, 0.3) is 11.4 Å². The van der Waals surface area contributed by atoms with E-state index in [9.17, 15) is 33.0 Å². The highest BCUT2D eigenvalue weighted by Gasteiger charge is 2.58. The molecule has 3 aromatic heterocycles. The molecule has 4 aliphatic rings. The van der Waals surface area contributed by atoms with Crippen LogP contribution < -0.4 is 10.9 Å². The van der Waals surface area contributed by atoms with E-state index in [1.54, 1.807) is 15.5 Å². The van der Waals surface area contributed by atoms with Crippen LogP contribution in [0.3, 0.4) is 0 Å². The van der Waals surface area contributed by atoms with Crippen LogP contribution in [-0.2, 0) is 29.3 Å². The summed E-state index contributed by atoms with van der Waals surface area (Å²) in [5, 5.41) is 28.9. The third kappa shape index (κ3) is 5.24. The Hall–Kier alpha value is -4.47. The first kappa shape index (κ1) is 32.7. The van der Waals surface area contributed by atoms with Crippen molar-refractivity contribution in [3.05, 3.63) is 86.3 Å². The predicted molar refractivity (Wildman–Crippen MR) is 175 cm³/mol. The number of aliphatic hydroxyl groups is 1. The van der Waals surface area contributed by atoms with Gasteiger partial charge in [-0.15, -0.1) is 5.10 Å². The summed E-state index contributed by atoms with van der Waals surface area (Å²) < 4.78 is 48.2. The Balaban J connectivity index is 1.18. The van der Waals surface area contributed by atoms with Crippen LogP contribution in [0.1, 0.15) is 65.2 Å². The normalized spacial score (nSPS) is 23.7. The van der Waals surface area contributed by atoms with Crippen molar-refractivity contribution >= 4 is 34.5 Å². The van der Waals surface area contributed by atoms with Gasteiger partial charge in [0.05, 0.1) is 36.0 Å². The molecule has 262 valence electrons. The second-order valence-electron chi connectivity index (χ2n) is 13.3. The van der Waals surface area contributed by atoms with Gasteiger partial charge in [0.2, 0.25) is 5.78 Å². The van der Waals surface area contributed by atoms with E-state index in [0.717, 1.165) is 36.6 Å². The minimum Gasteiger partial charge on any atom is -0.505 e. The number of aromatic nitrogens is 5. The molecule has 4 unspecified atom stereocenters. The van der Waals surface area contributed by atoms with Crippen LogP contribution in [0.2, 0.25) is 5.02 Å². The summed E-state index contributed by atoms with van der Waals surface area (Å²) >= 11 is 6.19. The Bertz CT molecular complexity index is 2120. The summed E-state index contributed by atoms with van der Waals surface area (Å²) in [6.45, 7) is 1.12. The highest BCUT2D eigenvalue weighted by Crippen LogP contribution is 2.57. The lowest BCUT2D eigenvalue weighted by atomic mass is 9.56. The molecule has 1 amide bonds. The number of amides is 1. The number of piperidine rings is 1. The van der Waals surface area contributed by atoms with Gasteiger partial charge >= 0.3 is 6.18 Å². The molecule has 2 aliphatic heterocycles. The second kappa shape index (κ2) is 12.1. The van der Waals surface area contributed by atoms with Gasteiger partial charge in [-0.05, 0) is 80.3 Å². The Morgan fingerprint density at radius 3 is 2.74 bits per heavy atom. The van der Waals surface area contributed by atoms with Crippen LogP contribution in [0.15, 0.2) is 47.4 Å². The van der Waals surface area contributed by atoms with E-state index >= 15 is 0 Å². The van der Waals surface area contributed by atoms with Gasteiger partial charge in [-0.3, -0.25) is 9.59 Å². The molecule has 8 rings (SSSR count). The van der Waals surface area contributed by atoms with Gasteiger partial charge < -0.3 is 29.7 Å². The number of pyridine rings is 1. The Morgan fingerprint density at radius 2 is 2.04 bits per heavy atom. The van der Waals surface area contributed by atoms with E-state index in [-0.39, 0.29) is 57.9 Å². The number of carbonyl (C=O) groups excluding carboxylic acids is 1. The fourth-order valence-electron chi connectivity index (χ4n) is 8.33. The number of halogens is 4. The van der Waals surface area contributed by atoms with E-state index in [1.165, 1.54) is 16.8 Å². The Labute approximate surface area is 288 Å².